The van der Waals surface area contributed by atoms with Crippen LogP contribution >= 0.6 is 11.6 Å². The number of hydrogen-bond acceptors (Lipinski definition) is 2. The van der Waals surface area contributed by atoms with E-state index in [4.69, 9.17) is 21.1 Å². The molecule has 1 aliphatic rings. The highest BCUT2D eigenvalue weighted by atomic mass is 35.5. The lowest BCUT2D eigenvalue weighted by Crippen LogP contribution is -2.48. The Labute approximate surface area is 98.3 Å². The molecule has 1 saturated carbocycles. The topological polar surface area (TPSA) is 18.5 Å². The zero-order valence-electron chi connectivity index (χ0n) is 10.5. The Kier molecular flexibility index (Phi) is 3.74. The predicted molar refractivity (Wildman–Crippen MR) is 63.3 cm³/mol. The van der Waals surface area contributed by atoms with Gasteiger partial charge >= 0.3 is 0 Å². The lowest BCUT2D eigenvalue weighted by atomic mass is 9.70. The van der Waals surface area contributed by atoms with Gasteiger partial charge in [0.15, 0.2) is 5.79 Å². The molecular weight excluding hydrogens is 212 g/mol. The molecule has 0 aromatic carbocycles. The van der Waals surface area contributed by atoms with Crippen molar-refractivity contribution in [2.45, 2.75) is 57.1 Å². The lowest BCUT2D eigenvalue weighted by Gasteiger charge is -2.47. The maximum absolute atomic E-state index is 6.68. The van der Waals surface area contributed by atoms with Crippen LogP contribution in [0, 0.1) is 5.41 Å². The third-order valence-electron chi connectivity index (χ3n) is 3.89. The second-order valence-corrected chi connectivity index (χ2v) is 6.26. The van der Waals surface area contributed by atoms with Crippen LogP contribution in [-0.4, -0.2) is 24.9 Å². The minimum absolute atomic E-state index is 0.117. The summed E-state index contributed by atoms with van der Waals surface area (Å²) < 4.78 is 10.9. The summed E-state index contributed by atoms with van der Waals surface area (Å²) in [4.78, 5) is -0.117. The SMILES string of the molecule is COC1(OC)CCC(Cl)(C(C)(C)C)CC1. The molecule has 3 heteroatoms. The van der Waals surface area contributed by atoms with E-state index in [-0.39, 0.29) is 10.3 Å². The normalized spacial score (nSPS) is 25.2. The molecule has 0 aromatic heterocycles. The second-order valence-electron chi connectivity index (χ2n) is 5.53. The average Bonchev–Trinajstić information content (AvgIpc) is 2.18. The van der Waals surface area contributed by atoms with Gasteiger partial charge < -0.3 is 9.47 Å². The van der Waals surface area contributed by atoms with Crippen molar-refractivity contribution in [3.8, 4) is 0 Å². The van der Waals surface area contributed by atoms with Crippen LogP contribution in [0.25, 0.3) is 0 Å². The molecule has 1 rings (SSSR count). The van der Waals surface area contributed by atoms with Crippen LogP contribution in [0.1, 0.15) is 46.5 Å². The summed E-state index contributed by atoms with van der Waals surface area (Å²) in [5, 5.41) is 0. The number of halogens is 1. The van der Waals surface area contributed by atoms with Gasteiger partial charge in [0.05, 0.1) is 0 Å². The molecule has 0 aliphatic heterocycles. The van der Waals surface area contributed by atoms with E-state index in [1.165, 1.54) is 0 Å². The van der Waals surface area contributed by atoms with Gasteiger partial charge in [-0.3, -0.25) is 0 Å². The third kappa shape index (κ3) is 2.48. The molecule has 90 valence electrons. The molecule has 1 aliphatic carbocycles. The number of hydrogen-bond donors (Lipinski definition) is 0. The van der Waals surface area contributed by atoms with Gasteiger partial charge in [-0.15, -0.1) is 11.6 Å². The molecule has 0 heterocycles. The predicted octanol–water partition coefficient (Wildman–Crippen LogP) is 3.57. The lowest BCUT2D eigenvalue weighted by molar-refractivity contribution is -0.228. The first-order valence-corrected chi connectivity index (χ1v) is 5.96. The Morgan fingerprint density at radius 2 is 1.33 bits per heavy atom. The van der Waals surface area contributed by atoms with Crippen LogP contribution in [0.3, 0.4) is 0 Å². The van der Waals surface area contributed by atoms with Crippen molar-refractivity contribution in [2.75, 3.05) is 14.2 Å². The summed E-state index contributed by atoms with van der Waals surface area (Å²) in [6.45, 7) is 6.60. The van der Waals surface area contributed by atoms with Crippen LogP contribution in [0.4, 0.5) is 0 Å². The van der Waals surface area contributed by atoms with Gasteiger partial charge in [0.1, 0.15) is 0 Å². The van der Waals surface area contributed by atoms with Crippen LogP contribution < -0.4 is 0 Å². The molecule has 0 amide bonds. The Balaban J connectivity index is 2.70. The van der Waals surface area contributed by atoms with Crippen LogP contribution in [-0.2, 0) is 9.47 Å². The molecule has 0 N–H and O–H groups in total. The highest BCUT2D eigenvalue weighted by Gasteiger charge is 2.48. The van der Waals surface area contributed by atoms with E-state index in [1.54, 1.807) is 14.2 Å². The first kappa shape index (κ1) is 13.3. The largest absolute Gasteiger partial charge is 0.353 e. The third-order valence-corrected chi connectivity index (χ3v) is 4.84. The summed E-state index contributed by atoms with van der Waals surface area (Å²) in [6, 6.07) is 0. The van der Waals surface area contributed by atoms with E-state index in [2.05, 4.69) is 20.8 Å². The van der Waals surface area contributed by atoms with Crippen molar-refractivity contribution < 1.29 is 9.47 Å². The quantitative estimate of drug-likeness (QED) is 0.537. The standard InChI is InChI=1S/C12H23ClO2/c1-10(2,3)11(13)6-8-12(14-4,15-5)9-7-11/h6-9H2,1-5H3. The molecule has 2 nitrogen and oxygen atoms in total. The van der Waals surface area contributed by atoms with Gasteiger partial charge in [-0.1, -0.05) is 20.8 Å². The molecule has 0 atom stereocenters. The number of ether oxygens (including phenoxy) is 2. The summed E-state index contributed by atoms with van der Waals surface area (Å²) in [7, 11) is 3.42. The van der Waals surface area contributed by atoms with E-state index in [0.29, 0.717) is 0 Å². The average molecular weight is 235 g/mol. The molecule has 0 spiro atoms. The summed E-state index contributed by atoms with van der Waals surface area (Å²) in [6.07, 6.45) is 3.64. The van der Waals surface area contributed by atoms with Crippen LogP contribution in [0.2, 0.25) is 0 Å². The van der Waals surface area contributed by atoms with Crippen LogP contribution in [0.15, 0.2) is 0 Å². The fourth-order valence-electron chi connectivity index (χ4n) is 2.27. The smallest absolute Gasteiger partial charge is 0.167 e. The fraction of sp³-hybridized carbons (Fsp3) is 1.00. The maximum atomic E-state index is 6.68. The van der Waals surface area contributed by atoms with Crippen molar-refractivity contribution in [3.63, 3.8) is 0 Å². The Morgan fingerprint density at radius 3 is 1.60 bits per heavy atom. The van der Waals surface area contributed by atoms with Gasteiger partial charge in [-0.2, -0.15) is 0 Å². The molecule has 15 heavy (non-hydrogen) atoms. The van der Waals surface area contributed by atoms with Crippen LogP contribution in [0.5, 0.6) is 0 Å². The highest BCUT2D eigenvalue weighted by molar-refractivity contribution is 6.24. The van der Waals surface area contributed by atoms with Crippen molar-refractivity contribution in [3.05, 3.63) is 0 Å². The Morgan fingerprint density at radius 1 is 0.933 bits per heavy atom. The first-order chi connectivity index (χ1) is 6.79. The van der Waals surface area contributed by atoms with E-state index >= 15 is 0 Å². The second kappa shape index (κ2) is 4.23. The monoisotopic (exact) mass is 234 g/mol. The molecule has 1 fully saturated rings. The zero-order valence-corrected chi connectivity index (χ0v) is 11.3. The highest BCUT2D eigenvalue weighted by Crippen LogP contribution is 2.50. The van der Waals surface area contributed by atoms with E-state index in [0.717, 1.165) is 25.7 Å². The number of alkyl halides is 1. The molecule has 0 aromatic rings. The summed E-state index contributed by atoms with van der Waals surface area (Å²) >= 11 is 6.68. The minimum atomic E-state index is -0.399. The minimum Gasteiger partial charge on any atom is -0.353 e. The van der Waals surface area contributed by atoms with Crippen molar-refractivity contribution in [1.82, 2.24) is 0 Å². The molecule has 0 unspecified atom stereocenters. The fourth-order valence-corrected chi connectivity index (χ4v) is 2.46. The van der Waals surface area contributed by atoms with Gasteiger partial charge in [-0.05, 0) is 18.3 Å². The summed E-state index contributed by atoms with van der Waals surface area (Å²) in [5.41, 5.74) is 0.127. The van der Waals surface area contributed by atoms with E-state index < -0.39 is 5.79 Å². The molecular formula is C12H23ClO2. The summed E-state index contributed by atoms with van der Waals surface area (Å²) in [5.74, 6) is -0.399. The molecule has 0 radical (unpaired) electrons. The van der Waals surface area contributed by atoms with Gasteiger partial charge in [0.2, 0.25) is 0 Å². The van der Waals surface area contributed by atoms with Crippen molar-refractivity contribution in [1.29, 1.82) is 0 Å². The zero-order chi connectivity index (χ0) is 11.7. The number of methoxy groups -OCH3 is 2. The van der Waals surface area contributed by atoms with Gasteiger partial charge in [0, 0.05) is 31.9 Å². The number of rotatable bonds is 2. The Hall–Kier alpha value is 0.210. The molecule has 0 bridgehead atoms. The first-order valence-electron chi connectivity index (χ1n) is 5.58. The molecule has 0 saturated heterocycles. The van der Waals surface area contributed by atoms with Gasteiger partial charge in [-0.25, -0.2) is 0 Å². The van der Waals surface area contributed by atoms with Gasteiger partial charge in [0.25, 0.3) is 0 Å². The Bertz CT molecular complexity index is 206. The van der Waals surface area contributed by atoms with E-state index in [1.807, 2.05) is 0 Å². The van der Waals surface area contributed by atoms with Crippen molar-refractivity contribution in [2.24, 2.45) is 5.41 Å². The van der Waals surface area contributed by atoms with E-state index in [9.17, 15) is 0 Å². The van der Waals surface area contributed by atoms with Crippen molar-refractivity contribution >= 4 is 11.6 Å². The maximum Gasteiger partial charge on any atom is 0.167 e.